The summed E-state index contributed by atoms with van der Waals surface area (Å²) < 4.78 is 5.08. The zero-order valence-electron chi connectivity index (χ0n) is 7.95. The van der Waals surface area contributed by atoms with E-state index in [2.05, 4.69) is 11.1 Å². The molecule has 0 bridgehead atoms. The van der Waals surface area contributed by atoms with Gasteiger partial charge in [0.1, 0.15) is 0 Å². The molecule has 0 spiro atoms. The summed E-state index contributed by atoms with van der Waals surface area (Å²) in [6, 6.07) is 2.46. The number of methoxy groups -OCH3 is 1. The number of hydrogen-bond donors (Lipinski definition) is 1. The zero-order valence-corrected chi connectivity index (χ0v) is 7.95. The smallest absolute Gasteiger partial charge is 0.215 e. The van der Waals surface area contributed by atoms with Gasteiger partial charge in [0.05, 0.1) is 7.11 Å². The Morgan fingerprint density at radius 1 is 1.62 bits per heavy atom. The highest BCUT2D eigenvalue weighted by molar-refractivity contribution is 5.33. The van der Waals surface area contributed by atoms with Gasteiger partial charge in [0.15, 0.2) is 0 Å². The van der Waals surface area contributed by atoms with Crippen LogP contribution in [0.3, 0.4) is 0 Å². The van der Waals surface area contributed by atoms with E-state index in [1.807, 2.05) is 13.1 Å². The molecule has 1 aromatic heterocycles. The van der Waals surface area contributed by atoms with Crippen molar-refractivity contribution in [1.82, 2.24) is 4.98 Å². The van der Waals surface area contributed by atoms with Crippen LogP contribution in [-0.4, -0.2) is 18.1 Å². The highest BCUT2D eigenvalue weighted by atomic mass is 16.5. The van der Waals surface area contributed by atoms with E-state index in [9.17, 15) is 0 Å². The third-order valence-electron chi connectivity index (χ3n) is 2.51. The van der Waals surface area contributed by atoms with Gasteiger partial charge in [-0.25, -0.2) is 4.98 Å². The summed E-state index contributed by atoms with van der Waals surface area (Å²) in [5.41, 5.74) is 8.08. The SMILES string of the molecule is COc1ncc(C2CC2N)cc1C. The number of aromatic nitrogens is 1. The van der Waals surface area contributed by atoms with Gasteiger partial charge >= 0.3 is 0 Å². The van der Waals surface area contributed by atoms with Gasteiger partial charge in [-0.15, -0.1) is 0 Å². The Labute approximate surface area is 77.9 Å². The molecule has 1 aliphatic carbocycles. The Kier molecular flexibility index (Phi) is 1.96. The molecular weight excluding hydrogens is 164 g/mol. The highest BCUT2D eigenvalue weighted by Gasteiger charge is 2.35. The molecule has 0 radical (unpaired) electrons. The topological polar surface area (TPSA) is 48.1 Å². The van der Waals surface area contributed by atoms with Crippen LogP contribution in [0.15, 0.2) is 12.3 Å². The molecule has 1 aliphatic rings. The lowest BCUT2D eigenvalue weighted by Crippen LogP contribution is -2.02. The molecule has 0 saturated heterocycles. The van der Waals surface area contributed by atoms with E-state index in [1.54, 1.807) is 7.11 Å². The van der Waals surface area contributed by atoms with Crippen LogP contribution in [0.1, 0.15) is 23.5 Å². The average Bonchev–Trinajstić information content (AvgIpc) is 2.82. The number of hydrogen-bond acceptors (Lipinski definition) is 3. The van der Waals surface area contributed by atoms with Gasteiger partial charge < -0.3 is 10.5 Å². The van der Waals surface area contributed by atoms with E-state index in [-0.39, 0.29) is 0 Å². The van der Waals surface area contributed by atoms with Crippen LogP contribution in [0.4, 0.5) is 0 Å². The van der Waals surface area contributed by atoms with Crippen molar-refractivity contribution >= 4 is 0 Å². The molecule has 70 valence electrons. The van der Waals surface area contributed by atoms with E-state index in [0.717, 1.165) is 12.0 Å². The van der Waals surface area contributed by atoms with Crippen molar-refractivity contribution in [3.63, 3.8) is 0 Å². The van der Waals surface area contributed by atoms with Gasteiger partial charge in [-0.2, -0.15) is 0 Å². The van der Waals surface area contributed by atoms with Crippen LogP contribution in [0.5, 0.6) is 5.88 Å². The number of nitrogens with zero attached hydrogens (tertiary/aromatic N) is 1. The first-order valence-electron chi connectivity index (χ1n) is 4.48. The van der Waals surface area contributed by atoms with Crippen LogP contribution >= 0.6 is 0 Å². The first-order valence-corrected chi connectivity index (χ1v) is 4.48. The molecule has 1 saturated carbocycles. The second-order valence-electron chi connectivity index (χ2n) is 3.60. The molecule has 1 heterocycles. The number of ether oxygens (including phenoxy) is 1. The molecular formula is C10H14N2O. The summed E-state index contributed by atoms with van der Waals surface area (Å²) in [5, 5.41) is 0. The lowest BCUT2D eigenvalue weighted by molar-refractivity contribution is 0.394. The molecule has 0 amide bonds. The lowest BCUT2D eigenvalue weighted by Gasteiger charge is -2.04. The van der Waals surface area contributed by atoms with Crippen molar-refractivity contribution in [2.24, 2.45) is 5.73 Å². The van der Waals surface area contributed by atoms with E-state index < -0.39 is 0 Å². The average molecular weight is 178 g/mol. The van der Waals surface area contributed by atoms with Crippen molar-refractivity contribution < 1.29 is 4.74 Å². The summed E-state index contributed by atoms with van der Waals surface area (Å²) in [6.45, 7) is 2.00. The highest BCUT2D eigenvalue weighted by Crippen LogP contribution is 2.39. The fourth-order valence-electron chi connectivity index (χ4n) is 1.60. The summed E-state index contributed by atoms with van der Waals surface area (Å²) in [5.74, 6) is 1.23. The van der Waals surface area contributed by atoms with Crippen LogP contribution in [-0.2, 0) is 0 Å². The predicted octanol–water partition coefficient (Wildman–Crippen LogP) is 1.21. The van der Waals surface area contributed by atoms with Gasteiger partial charge in [-0.1, -0.05) is 0 Å². The van der Waals surface area contributed by atoms with Crippen LogP contribution in [0, 0.1) is 6.92 Å². The minimum atomic E-state index is 0.342. The molecule has 2 rings (SSSR count). The Morgan fingerprint density at radius 3 is 2.77 bits per heavy atom. The molecule has 0 aliphatic heterocycles. The second-order valence-corrected chi connectivity index (χ2v) is 3.60. The number of pyridine rings is 1. The first kappa shape index (κ1) is 8.51. The second kappa shape index (κ2) is 3.00. The van der Waals surface area contributed by atoms with Crippen molar-refractivity contribution in [1.29, 1.82) is 0 Å². The Morgan fingerprint density at radius 2 is 2.31 bits per heavy atom. The molecule has 2 atom stereocenters. The lowest BCUT2D eigenvalue weighted by atomic mass is 10.1. The van der Waals surface area contributed by atoms with Crippen LogP contribution in [0.2, 0.25) is 0 Å². The van der Waals surface area contributed by atoms with Crippen LogP contribution in [0.25, 0.3) is 0 Å². The van der Waals surface area contributed by atoms with Crippen molar-refractivity contribution in [3.05, 3.63) is 23.4 Å². The third-order valence-corrected chi connectivity index (χ3v) is 2.51. The Balaban J connectivity index is 2.25. The summed E-state index contributed by atoms with van der Waals surface area (Å²) in [4.78, 5) is 4.21. The largest absolute Gasteiger partial charge is 0.481 e. The van der Waals surface area contributed by atoms with Gasteiger partial charge in [-0.05, 0) is 25.0 Å². The first-order chi connectivity index (χ1) is 6.22. The van der Waals surface area contributed by atoms with Crippen molar-refractivity contribution in [3.8, 4) is 5.88 Å². The molecule has 1 fully saturated rings. The monoisotopic (exact) mass is 178 g/mol. The zero-order chi connectivity index (χ0) is 9.42. The minimum absolute atomic E-state index is 0.342. The fraction of sp³-hybridized carbons (Fsp3) is 0.500. The third kappa shape index (κ3) is 1.52. The Bertz CT molecular complexity index is 325. The summed E-state index contributed by atoms with van der Waals surface area (Å²) in [7, 11) is 1.64. The van der Waals surface area contributed by atoms with Crippen molar-refractivity contribution in [2.75, 3.05) is 7.11 Å². The number of aryl methyl sites for hydroxylation is 1. The quantitative estimate of drug-likeness (QED) is 0.740. The molecule has 2 N–H and O–H groups in total. The van der Waals surface area contributed by atoms with E-state index in [1.165, 1.54) is 5.56 Å². The Hall–Kier alpha value is -1.09. The molecule has 13 heavy (non-hydrogen) atoms. The molecule has 3 heteroatoms. The standard InChI is InChI=1S/C10H14N2O/c1-6-3-7(8-4-9(8)11)5-12-10(6)13-2/h3,5,8-9H,4,11H2,1-2H3. The molecule has 2 unspecified atom stereocenters. The number of rotatable bonds is 2. The maximum atomic E-state index is 5.76. The van der Waals surface area contributed by atoms with E-state index in [0.29, 0.717) is 17.8 Å². The predicted molar refractivity (Wildman–Crippen MR) is 50.9 cm³/mol. The molecule has 3 nitrogen and oxygen atoms in total. The normalized spacial score (nSPS) is 25.8. The van der Waals surface area contributed by atoms with Gasteiger partial charge in [0, 0.05) is 23.7 Å². The maximum absolute atomic E-state index is 5.76. The summed E-state index contributed by atoms with van der Waals surface area (Å²) in [6.07, 6.45) is 2.96. The van der Waals surface area contributed by atoms with E-state index in [4.69, 9.17) is 10.5 Å². The fourth-order valence-corrected chi connectivity index (χ4v) is 1.60. The van der Waals surface area contributed by atoms with Gasteiger partial charge in [0.2, 0.25) is 5.88 Å². The van der Waals surface area contributed by atoms with E-state index >= 15 is 0 Å². The van der Waals surface area contributed by atoms with Crippen molar-refractivity contribution in [2.45, 2.75) is 25.3 Å². The maximum Gasteiger partial charge on any atom is 0.215 e. The molecule has 1 aromatic rings. The summed E-state index contributed by atoms with van der Waals surface area (Å²) >= 11 is 0. The van der Waals surface area contributed by atoms with Crippen LogP contribution < -0.4 is 10.5 Å². The van der Waals surface area contributed by atoms with Gasteiger partial charge in [-0.3, -0.25) is 0 Å². The molecule has 0 aromatic carbocycles. The van der Waals surface area contributed by atoms with Gasteiger partial charge in [0.25, 0.3) is 0 Å². The number of nitrogens with two attached hydrogens (primary N) is 1. The minimum Gasteiger partial charge on any atom is -0.481 e.